The normalized spacial score (nSPS) is 18.6. The fourth-order valence-corrected chi connectivity index (χ4v) is 5.15. The van der Waals surface area contributed by atoms with Crippen molar-refractivity contribution in [3.05, 3.63) is 41.8 Å². The number of sulfonamides is 1. The van der Waals surface area contributed by atoms with Gasteiger partial charge in [-0.05, 0) is 38.0 Å². The standard InChI is InChI=1S/C19H24FN5O2S/c1-15-13-18(22-19(21-15)24-7-2-3-8-24)23-9-11-25(12-10-23)28(26,27)17-6-4-5-16(20)14-17/h4-6,13-14H,2-3,7-12H2,1H3. The first-order valence-corrected chi connectivity index (χ1v) is 11.0. The Labute approximate surface area is 164 Å². The third-order valence-electron chi connectivity index (χ3n) is 5.21. The van der Waals surface area contributed by atoms with Gasteiger partial charge in [0.1, 0.15) is 11.6 Å². The predicted octanol–water partition coefficient (Wildman–Crippen LogP) is 2.04. The third kappa shape index (κ3) is 3.81. The van der Waals surface area contributed by atoms with Crippen LogP contribution < -0.4 is 9.80 Å². The van der Waals surface area contributed by atoms with Gasteiger partial charge in [0.2, 0.25) is 16.0 Å². The molecule has 150 valence electrons. The van der Waals surface area contributed by atoms with Gasteiger partial charge >= 0.3 is 0 Å². The Balaban J connectivity index is 1.48. The van der Waals surface area contributed by atoms with Crippen LogP contribution in [0.1, 0.15) is 18.5 Å². The van der Waals surface area contributed by atoms with Crippen LogP contribution in [0, 0.1) is 12.7 Å². The first-order valence-electron chi connectivity index (χ1n) is 9.55. The Bertz CT molecular complexity index is 955. The van der Waals surface area contributed by atoms with Crippen LogP contribution in [0.2, 0.25) is 0 Å². The summed E-state index contributed by atoms with van der Waals surface area (Å²) in [5.74, 6) is 1.03. The zero-order valence-electron chi connectivity index (χ0n) is 15.9. The van der Waals surface area contributed by atoms with Gasteiger partial charge in [-0.15, -0.1) is 0 Å². The molecule has 0 spiro atoms. The van der Waals surface area contributed by atoms with Crippen molar-refractivity contribution < 1.29 is 12.8 Å². The van der Waals surface area contributed by atoms with E-state index in [1.54, 1.807) is 0 Å². The molecule has 0 aliphatic carbocycles. The molecule has 0 amide bonds. The fraction of sp³-hybridized carbons (Fsp3) is 0.474. The summed E-state index contributed by atoms with van der Waals surface area (Å²) in [6, 6.07) is 7.10. The second-order valence-electron chi connectivity index (χ2n) is 7.21. The molecule has 2 aliphatic heterocycles. The van der Waals surface area contributed by atoms with E-state index in [1.807, 2.05) is 13.0 Å². The minimum atomic E-state index is -3.69. The van der Waals surface area contributed by atoms with Gasteiger partial charge in [-0.3, -0.25) is 0 Å². The highest BCUT2D eigenvalue weighted by atomic mass is 32.2. The van der Waals surface area contributed by atoms with Crippen LogP contribution in [-0.2, 0) is 10.0 Å². The van der Waals surface area contributed by atoms with Crippen molar-refractivity contribution in [1.82, 2.24) is 14.3 Å². The average Bonchev–Trinajstić information content (AvgIpc) is 3.22. The average molecular weight is 405 g/mol. The Morgan fingerprint density at radius 2 is 1.64 bits per heavy atom. The number of aryl methyl sites for hydroxylation is 1. The van der Waals surface area contributed by atoms with E-state index in [0.717, 1.165) is 49.5 Å². The molecule has 1 aromatic carbocycles. The van der Waals surface area contributed by atoms with Crippen LogP contribution in [0.4, 0.5) is 16.2 Å². The maximum Gasteiger partial charge on any atom is 0.243 e. The Morgan fingerprint density at radius 1 is 0.929 bits per heavy atom. The van der Waals surface area contributed by atoms with E-state index in [2.05, 4.69) is 14.8 Å². The summed E-state index contributed by atoms with van der Waals surface area (Å²) in [6.07, 6.45) is 2.31. The van der Waals surface area contributed by atoms with Crippen molar-refractivity contribution in [3.63, 3.8) is 0 Å². The number of nitrogens with zero attached hydrogens (tertiary/aromatic N) is 5. The van der Waals surface area contributed by atoms with Crippen molar-refractivity contribution in [3.8, 4) is 0 Å². The minimum absolute atomic E-state index is 0.00449. The molecule has 2 aromatic rings. The molecule has 0 radical (unpaired) electrons. The highest BCUT2D eigenvalue weighted by Crippen LogP contribution is 2.24. The van der Waals surface area contributed by atoms with Crippen LogP contribution in [0.25, 0.3) is 0 Å². The van der Waals surface area contributed by atoms with Crippen molar-refractivity contribution in [2.24, 2.45) is 0 Å². The minimum Gasteiger partial charge on any atom is -0.354 e. The van der Waals surface area contributed by atoms with Gasteiger partial charge in [-0.25, -0.2) is 17.8 Å². The van der Waals surface area contributed by atoms with Gasteiger partial charge in [0, 0.05) is 51.0 Å². The molecule has 2 aliphatic rings. The molecule has 0 N–H and O–H groups in total. The Morgan fingerprint density at radius 3 is 2.32 bits per heavy atom. The third-order valence-corrected chi connectivity index (χ3v) is 7.11. The van der Waals surface area contributed by atoms with Crippen LogP contribution in [-0.4, -0.2) is 62.0 Å². The summed E-state index contributed by atoms with van der Waals surface area (Å²) < 4.78 is 40.4. The maximum atomic E-state index is 13.4. The molecule has 9 heteroatoms. The summed E-state index contributed by atoms with van der Waals surface area (Å²) in [7, 11) is -3.69. The lowest BCUT2D eigenvalue weighted by Gasteiger charge is -2.35. The van der Waals surface area contributed by atoms with Gasteiger partial charge < -0.3 is 9.80 Å². The van der Waals surface area contributed by atoms with E-state index in [1.165, 1.54) is 22.5 Å². The summed E-state index contributed by atoms with van der Waals surface area (Å²) >= 11 is 0. The number of piperazine rings is 1. The zero-order valence-corrected chi connectivity index (χ0v) is 16.7. The van der Waals surface area contributed by atoms with E-state index < -0.39 is 15.8 Å². The largest absolute Gasteiger partial charge is 0.354 e. The molecule has 0 bridgehead atoms. The van der Waals surface area contributed by atoms with E-state index in [9.17, 15) is 12.8 Å². The molecule has 2 saturated heterocycles. The molecule has 2 fully saturated rings. The molecule has 3 heterocycles. The van der Waals surface area contributed by atoms with Crippen molar-refractivity contribution in [2.75, 3.05) is 49.1 Å². The Kier molecular flexibility index (Phi) is 5.20. The molecule has 28 heavy (non-hydrogen) atoms. The summed E-state index contributed by atoms with van der Waals surface area (Å²) in [5, 5.41) is 0. The van der Waals surface area contributed by atoms with Gasteiger partial charge in [0.25, 0.3) is 0 Å². The summed E-state index contributed by atoms with van der Waals surface area (Å²) in [4.78, 5) is 13.6. The highest BCUT2D eigenvalue weighted by Gasteiger charge is 2.29. The molecular weight excluding hydrogens is 381 g/mol. The molecule has 7 nitrogen and oxygen atoms in total. The molecule has 0 atom stereocenters. The second-order valence-corrected chi connectivity index (χ2v) is 9.15. The van der Waals surface area contributed by atoms with Crippen LogP contribution in [0.3, 0.4) is 0 Å². The summed E-state index contributed by atoms with van der Waals surface area (Å²) in [5.41, 5.74) is 0.904. The van der Waals surface area contributed by atoms with Crippen LogP contribution >= 0.6 is 0 Å². The molecule has 0 saturated carbocycles. The second kappa shape index (κ2) is 7.63. The lowest BCUT2D eigenvalue weighted by atomic mass is 10.3. The van der Waals surface area contributed by atoms with Crippen LogP contribution in [0.5, 0.6) is 0 Å². The topological polar surface area (TPSA) is 69.6 Å². The number of anilines is 2. The number of hydrogen-bond acceptors (Lipinski definition) is 6. The first-order chi connectivity index (χ1) is 13.4. The van der Waals surface area contributed by atoms with Crippen LogP contribution in [0.15, 0.2) is 35.2 Å². The number of aromatic nitrogens is 2. The number of benzene rings is 1. The number of halogens is 1. The molecule has 1 aromatic heterocycles. The SMILES string of the molecule is Cc1cc(N2CCN(S(=O)(=O)c3cccc(F)c3)CC2)nc(N2CCCC2)n1. The zero-order chi connectivity index (χ0) is 19.7. The van der Waals surface area contributed by atoms with Gasteiger partial charge in [-0.1, -0.05) is 6.07 Å². The fourth-order valence-electron chi connectivity index (χ4n) is 3.69. The van der Waals surface area contributed by atoms with Gasteiger partial charge in [-0.2, -0.15) is 9.29 Å². The van der Waals surface area contributed by atoms with E-state index >= 15 is 0 Å². The molecule has 4 rings (SSSR count). The maximum absolute atomic E-state index is 13.4. The number of hydrogen-bond donors (Lipinski definition) is 0. The molecular formula is C19H24FN5O2S. The van der Waals surface area contributed by atoms with Gasteiger partial charge in [0.05, 0.1) is 4.90 Å². The Hall–Kier alpha value is -2.26. The number of rotatable bonds is 4. The lowest BCUT2D eigenvalue weighted by molar-refractivity contribution is 0.383. The first kappa shape index (κ1) is 19.1. The quantitative estimate of drug-likeness (QED) is 0.775. The van der Waals surface area contributed by atoms with E-state index in [-0.39, 0.29) is 4.90 Å². The van der Waals surface area contributed by atoms with E-state index in [4.69, 9.17) is 4.98 Å². The van der Waals surface area contributed by atoms with Crippen molar-refractivity contribution in [2.45, 2.75) is 24.7 Å². The molecule has 0 unspecified atom stereocenters. The smallest absolute Gasteiger partial charge is 0.243 e. The summed E-state index contributed by atoms with van der Waals surface area (Å²) in [6.45, 7) is 5.64. The predicted molar refractivity (Wildman–Crippen MR) is 106 cm³/mol. The van der Waals surface area contributed by atoms with E-state index in [0.29, 0.717) is 26.2 Å². The van der Waals surface area contributed by atoms with Gasteiger partial charge in [0.15, 0.2) is 0 Å². The highest BCUT2D eigenvalue weighted by molar-refractivity contribution is 7.89. The lowest BCUT2D eigenvalue weighted by Crippen LogP contribution is -2.49. The van der Waals surface area contributed by atoms with Crippen molar-refractivity contribution >= 4 is 21.8 Å². The monoisotopic (exact) mass is 405 g/mol. The van der Waals surface area contributed by atoms with Crippen molar-refractivity contribution in [1.29, 1.82) is 0 Å².